The zero-order valence-corrected chi connectivity index (χ0v) is 32.2. The Balaban J connectivity index is 0.899. The van der Waals surface area contributed by atoms with Gasteiger partial charge in [0.25, 0.3) is 17.7 Å². The smallest absolute Gasteiger partial charge is 0.272 e. The van der Waals surface area contributed by atoms with Crippen molar-refractivity contribution < 1.29 is 28.7 Å². The average Bonchev–Trinajstić information content (AvgIpc) is 3.64. The molecule has 2 aliphatic heterocycles. The maximum atomic E-state index is 13.4. The van der Waals surface area contributed by atoms with E-state index in [1.165, 1.54) is 7.11 Å². The number of aliphatic imine (C=N–C) groups is 1. The molecule has 5 aromatic rings. The molecule has 4 heterocycles. The van der Waals surface area contributed by atoms with Gasteiger partial charge in [-0.25, -0.2) is 0 Å². The van der Waals surface area contributed by atoms with Crippen LogP contribution in [0, 0.1) is 0 Å². The lowest BCUT2D eigenvalue weighted by atomic mass is 10.1. The van der Waals surface area contributed by atoms with Crippen LogP contribution in [0.2, 0.25) is 0 Å². The first-order chi connectivity index (χ1) is 27.6. The summed E-state index contributed by atoms with van der Waals surface area (Å²) < 4.78 is 15.0. The van der Waals surface area contributed by atoms with Gasteiger partial charge >= 0.3 is 0 Å². The standard InChI is InChI=1S/C43H46N8O6/c1-49-25-28(20-36(49)41(53)48-31-16-12-29(44)13-17-31)27-10-14-30(15-11-27)47-42(54)37-21-32(26-50(37)2)46-40(52)9-7-19-57-39-23-35-34(22-38(39)56-3)43(55)51-18-6-4-5-8-33(51)24-45-35/h10-17,20-26,33H,4-9,18-19,44H2,1-3H3,(H,46,52)(H,47,54)(H,48,53). The van der Waals surface area contributed by atoms with Crippen molar-refractivity contribution in [3.8, 4) is 22.6 Å². The molecule has 294 valence electrons. The van der Waals surface area contributed by atoms with Crippen molar-refractivity contribution in [2.45, 2.75) is 44.6 Å². The highest BCUT2D eigenvalue weighted by atomic mass is 16.5. The van der Waals surface area contributed by atoms with Crippen molar-refractivity contribution in [1.82, 2.24) is 14.0 Å². The molecule has 2 aromatic heterocycles. The Kier molecular flexibility index (Phi) is 11.4. The molecule has 7 rings (SSSR count). The molecule has 2 aliphatic rings. The highest BCUT2D eigenvalue weighted by Crippen LogP contribution is 2.38. The van der Waals surface area contributed by atoms with E-state index in [-0.39, 0.29) is 42.7 Å². The third kappa shape index (κ3) is 8.85. The fourth-order valence-electron chi connectivity index (χ4n) is 7.11. The Hall–Kier alpha value is -6.83. The van der Waals surface area contributed by atoms with Crippen LogP contribution < -0.4 is 31.2 Å². The minimum atomic E-state index is -0.340. The Morgan fingerprint density at radius 3 is 2.19 bits per heavy atom. The molecular weight excluding hydrogens is 725 g/mol. The van der Waals surface area contributed by atoms with E-state index in [2.05, 4.69) is 20.9 Å². The van der Waals surface area contributed by atoms with Crippen molar-refractivity contribution in [2.24, 2.45) is 19.1 Å². The zero-order chi connectivity index (χ0) is 40.1. The summed E-state index contributed by atoms with van der Waals surface area (Å²) in [6.45, 7) is 0.945. The summed E-state index contributed by atoms with van der Waals surface area (Å²) in [5, 5.41) is 8.66. The number of aromatic nitrogens is 2. The third-order valence-corrected chi connectivity index (χ3v) is 10.2. The predicted octanol–water partition coefficient (Wildman–Crippen LogP) is 7.02. The number of carbonyl (C=O) groups is 4. The summed E-state index contributed by atoms with van der Waals surface area (Å²) in [6.07, 6.45) is 10.1. The summed E-state index contributed by atoms with van der Waals surface area (Å²) in [6, 6.07) is 21.1. The molecular formula is C43H46N8O6. The Morgan fingerprint density at radius 1 is 0.789 bits per heavy atom. The van der Waals surface area contributed by atoms with Gasteiger partial charge in [-0.15, -0.1) is 0 Å². The molecule has 4 amide bonds. The minimum Gasteiger partial charge on any atom is -0.493 e. The average molecular weight is 771 g/mol. The van der Waals surface area contributed by atoms with E-state index in [9.17, 15) is 19.2 Å². The van der Waals surface area contributed by atoms with Crippen LogP contribution in [0.1, 0.15) is 69.9 Å². The Morgan fingerprint density at radius 2 is 1.47 bits per heavy atom. The zero-order valence-electron chi connectivity index (χ0n) is 32.2. The van der Waals surface area contributed by atoms with Gasteiger partial charge in [0.1, 0.15) is 11.4 Å². The SMILES string of the molecule is COc1cc2c(cc1OCCCC(=O)Nc1cc(C(=O)Nc3ccc(-c4cc(C(=O)Nc5ccc(N)cc5)n(C)c4)cc3)n(C)c1)N=CC1CCCCCN1C2=O. The molecule has 0 spiro atoms. The van der Waals surface area contributed by atoms with Crippen molar-refractivity contribution in [3.05, 3.63) is 102 Å². The molecule has 14 nitrogen and oxygen atoms in total. The number of nitrogens with zero attached hydrogens (tertiary/aromatic N) is 4. The third-order valence-electron chi connectivity index (χ3n) is 10.2. The molecule has 1 atom stereocenters. The first kappa shape index (κ1) is 38.4. The molecule has 3 aromatic carbocycles. The number of rotatable bonds is 12. The van der Waals surface area contributed by atoms with E-state index in [1.54, 1.807) is 84.0 Å². The molecule has 1 unspecified atom stereocenters. The number of nitrogens with two attached hydrogens (primary N) is 1. The largest absolute Gasteiger partial charge is 0.493 e. The normalized spacial score (nSPS) is 14.8. The second kappa shape index (κ2) is 16.9. The maximum absolute atomic E-state index is 13.4. The van der Waals surface area contributed by atoms with Gasteiger partial charge in [0.15, 0.2) is 11.5 Å². The number of methoxy groups -OCH3 is 1. The van der Waals surface area contributed by atoms with E-state index in [4.69, 9.17) is 15.2 Å². The highest BCUT2D eigenvalue weighted by Gasteiger charge is 2.30. The number of anilines is 4. The summed E-state index contributed by atoms with van der Waals surface area (Å²) in [4.78, 5) is 59.0. The maximum Gasteiger partial charge on any atom is 0.272 e. The number of nitrogen functional groups attached to an aromatic ring is 1. The topological polar surface area (TPSA) is 174 Å². The van der Waals surface area contributed by atoms with E-state index >= 15 is 0 Å². The van der Waals surface area contributed by atoms with Gasteiger partial charge < -0.3 is 45.2 Å². The van der Waals surface area contributed by atoms with Crippen LogP contribution in [0.5, 0.6) is 11.5 Å². The monoisotopic (exact) mass is 770 g/mol. The quantitative estimate of drug-likeness (QED) is 0.0779. The van der Waals surface area contributed by atoms with Gasteiger partial charge in [0.05, 0.1) is 36.7 Å². The number of benzene rings is 3. The second-order valence-electron chi connectivity index (χ2n) is 14.3. The molecule has 0 radical (unpaired) electrons. The molecule has 0 aliphatic carbocycles. The Bertz CT molecular complexity index is 2330. The number of ether oxygens (including phenoxy) is 2. The van der Waals surface area contributed by atoms with Crippen molar-refractivity contribution >= 4 is 58.3 Å². The fraction of sp³-hybridized carbons (Fsp3) is 0.279. The van der Waals surface area contributed by atoms with E-state index < -0.39 is 0 Å². The van der Waals surface area contributed by atoms with Gasteiger partial charge in [-0.1, -0.05) is 25.0 Å². The molecule has 5 N–H and O–H groups in total. The van der Waals surface area contributed by atoms with Gasteiger partial charge in [0.2, 0.25) is 5.91 Å². The summed E-state index contributed by atoms with van der Waals surface area (Å²) in [5.74, 6) is 0.0251. The second-order valence-corrected chi connectivity index (χ2v) is 14.3. The number of aryl methyl sites for hydroxylation is 2. The van der Waals surface area contributed by atoms with Gasteiger partial charge in [0, 0.05) is 74.4 Å². The lowest BCUT2D eigenvalue weighted by Gasteiger charge is -2.26. The molecule has 0 saturated carbocycles. The predicted molar refractivity (Wildman–Crippen MR) is 221 cm³/mol. The van der Waals surface area contributed by atoms with Crippen LogP contribution in [0.25, 0.3) is 11.1 Å². The van der Waals surface area contributed by atoms with Crippen molar-refractivity contribution in [2.75, 3.05) is 41.9 Å². The summed E-state index contributed by atoms with van der Waals surface area (Å²) >= 11 is 0. The molecule has 14 heteroatoms. The fourth-order valence-corrected chi connectivity index (χ4v) is 7.11. The molecule has 57 heavy (non-hydrogen) atoms. The minimum absolute atomic E-state index is 0.0180. The van der Waals surface area contributed by atoms with Crippen LogP contribution in [0.15, 0.2) is 90.2 Å². The number of amides is 4. The molecule has 1 fully saturated rings. The van der Waals surface area contributed by atoms with Crippen LogP contribution in [0.4, 0.5) is 28.4 Å². The van der Waals surface area contributed by atoms with Crippen LogP contribution in [-0.2, 0) is 18.9 Å². The highest BCUT2D eigenvalue weighted by molar-refractivity contribution is 6.06. The summed E-state index contributed by atoms with van der Waals surface area (Å²) in [7, 11) is 5.07. The number of hydrogen-bond donors (Lipinski definition) is 4. The number of fused-ring (bicyclic) bond motifs is 2. The number of carbonyl (C=O) groups excluding carboxylic acids is 4. The molecule has 0 bridgehead atoms. The lowest BCUT2D eigenvalue weighted by Crippen LogP contribution is -2.40. The molecule has 1 saturated heterocycles. The first-order valence-corrected chi connectivity index (χ1v) is 19.0. The number of hydrogen-bond acceptors (Lipinski definition) is 8. The van der Waals surface area contributed by atoms with E-state index in [0.29, 0.717) is 69.9 Å². The number of nitrogens with one attached hydrogen (secondary N) is 3. The van der Waals surface area contributed by atoms with Gasteiger partial charge in [-0.2, -0.15) is 0 Å². The Labute approximate surface area is 330 Å². The van der Waals surface area contributed by atoms with Gasteiger partial charge in [-0.3, -0.25) is 24.2 Å². The van der Waals surface area contributed by atoms with Crippen LogP contribution in [-0.4, -0.2) is 70.2 Å². The van der Waals surface area contributed by atoms with E-state index in [0.717, 1.165) is 36.8 Å². The first-order valence-electron chi connectivity index (χ1n) is 19.0. The van der Waals surface area contributed by atoms with Crippen molar-refractivity contribution in [3.63, 3.8) is 0 Å². The van der Waals surface area contributed by atoms with Gasteiger partial charge in [-0.05, 0) is 79.4 Å². The van der Waals surface area contributed by atoms with Crippen LogP contribution >= 0.6 is 0 Å². The summed E-state index contributed by atoms with van der Waals surface area (Å²) in [5.41, 5.74) is 11.7. The van der Waals surface area contributed by atoms with E-state index in [1.807, 2.05) is 35.5 Å². The van der Waals surface area contributed by atoms with Crippen LogP contribution in [0.3, 0.4) is 0 Å². The lowest BCUT2D eigenvalue weighted by molar-refractivity contribution is -0.116. The van der Waals surface area contributed by atoms with Crippen molar-refractivity contribution in [1.29, 1.82) is 0 Å².